The van der Waals surface area contributed by atoms with E-state index in [1.54, 1.807) is 6.20 Å². The van der Waals surface area contributed by atoms with Crippen molar-refractivity contribution in [2.24, 2.45) is 0 Å². The van der Waals surface area contributed by atoms with Crippen LogP contribution in [0.25, 0.3) is 10.9 Å². The predicted octanol–water partition coefficient (Wildman–Crippen LogP) is 1.82. The van der Waals surface area contributed by atoms with Gasteiger partial charge in [0.05, 0.1) is 23.3 Å². The Morgan fingerprint density at radius 1 is 1.48 bits per heavy atom. The first kappa shape index (κ1) is 13.4. The molecule has 0 atom stereocenters. The Morgan fingerprint density at radius 3 is 2.95 bits per heavy atom. The van der Waals surface area contributed by atoms with E-state index in [2.05, 4.69) is 16.4 Å². The summed E-state index contributed by atoms with van der Waals surface area (Å²) in [6, 6.07) is 10.1. The molecule has 1 aromatic heterocycles. The van der Waals surface area contributed by atoms with Crippen LogP contribution in [0.15, 0.2) is 30.5 Å². The number of nitriles is 1. The van der Waals surface area contributed by atoms with Crippen LogP contribution in [0, 0.1) is 11.3 Å². The van der Waals surface area contributed by atoms with Gasteiger partial charge in [-0.05, 0) is 18.9 Å². The molecule has 0 unspecified atom stereocenters. The van der Waals surface area contributed by atoms with Crippen LogP contribution in [0.4, 0.5) is 5.69 Å². The van der Waals surface area contributed by atoms with Gasteiger partial charge in [-0.25, -0.2) is 0 Å². The Morgan fingerprint density at radius 2 is 2.24 bits per heavy atom. The summed E-state index contributed by atoms with van der Waals surface area (Å²) >= 11 is 0. The van der Waals surface area contributed by atoms with Crippen molar-refractivity contribution in [1.29, 1.82) is 5.26 Å². The van der Waals surface area contributed by atoms with E-state index in [-0.39, 0.29) is 12.5 Å². The van der Waals surface area contributed by atoms with E-state index in [0.717, 1.165) is 29.4 Å². The first-order valence-electron chi connectivity index (χ1n) is 6.97. The number of amides is 1. The molecule has 5 heteroatoms. The van der Waals surface area contributed by atoms with Crippen molar-refractivity contribution in [3.8, 4) is 6.07 Å². The minimum atomic E-state index is -0.00946. The summed E-state index contributed by atoms with van der Waals surface area (Å²) in [4.78, 5) is 18.1. The second-order valence-electron chi connectivity index (χ2n) is 5.35. The molecule has 1 aromatic carbocycles. The van der Waals surface area contributed by atoms with E-state index in [0.29, 0.717) is 11.6 Å². The van der Waals surface area contributed by atoms with E-state index >= 15 is 0 Å². The molecule has 106 valence electrons. The third-order valence-corrected chi connectivity index (χ3v) is 3.57. The van der Waals surface area contributed by atoms with Gasteiger partial charge in [-0.2, -0.15) is 5.26 Å². The molecule has 2 aromatic rings. The highest BCUT2D eigenvalue weighted by Gasteiger charge is 2.24. The number of nitrogens with one attached hydrogen (secondary N) is 1. The van der Waals surface area contributed by atoms with Crippen molar-refractivity contribution in [3.63, 3.8) is 0 Å². The normalized spacial score (nSPS) is 13.7. The topological polar surface area (TPSA) is 69.0 Å². The van der Waals surface area contributed by atoms with Crippen molar-refractivity contribution in [2.45, 2.75) is 18.9 Å². The fraction of sp³-hybridized carbons (Fsp3) is 0.312. The highest BCUT2D eigenvalue weighted by Crippen LogP contribution is 2.28. The number of aromatic nitrogens is 1. The maximum Gasteiger partial charge on any atom is 0.239 e. The summed E-state index contributed by atoms with van der Waals surface area (Å²) in [6.07, 6.45) is 3.70. The van der Waals surface area contributed by atoms with Gasteiger partial charge < -0.3 is 10.2 Å². The average Bonchev–Trinajstić information content (AvgIpc) is 3.29. The number of carbonyl (C=O) groups is 1. The molecule has 5 nitrogen and oxygen atoms in total. The molecule has 1 amide bonds. The van der Waals surface area contributed by atoms with Crippen LogP contribution >= 0.6 is 0 Å². The molecule has 1 heterocycles. The molecule has 0 aliphatic heterocycles. The first-order valence-corrected chi connectivity index (χ1v) is 6.97. The number of nitrogens with zero attached hydrogens (tertiary/aromatic N) is 3. The van der Waals surface area contributed by atoms with Gasteiger partial charge in [0.2, 0.25) is 5.91 Å². The molecule has 1 fully saturated rings. The Hall–Kier alpha value is -2.61. The molecular weight excluding hydrogens is 264 g/mol. The molecular formula is C16H16N4O. The summed E-state index contributed by atoms with van der Waals surface area (Å²) in [5, 5.41) is 13.1. The van der Waals surface area contributed by atoms with E-state index in [4.69, 9.17) is 0 Å². The molecule has 1 N–H and O–H groups in total. The van der Waals surface area contributed by atoms with Gasteiger partial charge in [0.25, 0.3) is 0 Å². The average molecular weight is 280 g/mol. The number of likely N-dealkylation sites (N-methyl/N-ethyl adjacent to an activating group) is 1. The van der Waals surface area contributed by atoms with E-state index < -0.39 is 0 Å². The third-order valence-electron chi connectivity index (χ3n) is 3.57. The van der Waals surface area contributed by atoms with Gasteiger partial charge in [-0.15, -0.1) is 0 Å². The van der Waals surface area contributed by atoms with Gasteiger partial charge in [0, 0.05) is 24.7 Å². The highest BCUT2D eigenvalue weighted by molar-refractivity contribution is 5.96. The fourth-order valence-electron chi connectivity index (χ4n) is 2.42. The number of fused-ring (bicyclic) bond motifs is 1. The summed E-state index contributed by atoms with van der Waals surface area (Å²) in [5.41, 5.74) is 2.06. The van der Waals surface area contributed by atoms with E-state index in [1.807, 2.05) is 36.2 Å². The second kappa shape index (κ2) is 5.41. The maximum atomic E-state index is 12.0. The Kier molecular flexibility index (Phi) is 3.44. The number of benzene rings is 1. The second-order valence-corrected chi connectivity index (χ2v) is 5.35. The van der Waals surface area contributed by atoms with Crippen LogP contribution in [0.3, 0.4) is 0 Å². The van der Waals surface area contributed by atoms with Crippen molar-refractivity contribution in [2.75, 3.05) is 18.5 Å². The molecule has 0 radical (unpaired) electrons. The molecule has 1 aliphatic carbocycles. The SMILES string of the molecule is CN(CC(=O)NC1CC1)c1c(C#N)cnc2ccccc12. The zero-order valence-corrected chi connectivity index (χ0v) is 11.8. The Balaban J connectivity index is 1.93. The summed E-state index contributed by atoms with van der Waals surface area (Å²) in [5.74, 6) is -0.00946. The minimum absolute atomic E-state index is 0.00946. The molecule has 1 aliphatic rings. The van der Waals surface area contributed by atoms with Crippen LogP contribution in [0.5, 0.6) is 0 Å². The monoisotopic (exact) mass is 280 g/mol. The maximum absolute atomic E-state index is 12.0. The molecule has 3 rings (SSSR count). The Labute approximate surface area is 123 Å². The molecule has 0 saturated heterocycles. The third kappa shape index (κ3) is 2.79. The van der Waals surface area contributed by atoms with Crippen molar-refractivity contribution in [1.82, 2.24) is 10.3 Å². The number of pyridine rings is 1. The number of carbonyl (C=O) groups excluding carboxylic acids is 1. The van der Waals surface area contributed by atoms with Crippen LogP contribution in [-0.2, 0) is 4.79 Å². The largest absolute Gasteiger partial charge is 0.364 e. The number of rotatable bonds is 4. The Bertz CT molecular complexity index is 731. The zero-order valence-electron chi connectivity index (χ0n) is 11.8. The lowest BCUT2D eigenvalue weighted by Crippen LogP contribution is -2.36. The van der Waals surface area contributed by atoms with Gasteiger partial charge in [0.1, 0.15) is 6.07 Å². The number of para-hydroxylation sites is 1. The van der Waals surface area contributed by atoms with Crippen molar-refractivity contribution < 1.29 is 4.79 Å². The summed E-state index contributed by atoms with van der Waals surface area (Å²) in [7, 11) is 1.83. The predicted molar refractivity (Wildman–Crippen MR) is 80.9 cm³/mol. The standard InChI is InChI=1S/C16H16N4O/c1-20(10-15(21)19-12-6-7-12)16-11(8-17)9-18-14-5-3-2-4-13(14)16/h2-5,9,12H,6-7,10H2,1H3,(H,19,21). The lowest BCUT2D eigenvalue weighted by atomic mass is 10.1. The molecule has 1 saturated carbocycles. The van der Waals surface area contributed by atoms with Gasteiger partial charge in [0.15, 0.2) is 0 Å². The van der Waals surface area contributed by atoms with E-state index in [9.17, 15) is 10.1 Å². The zero-order chi connectivity index (χ0) is 14.8. The van der Waals surface area contributed by atoms with Gasteiger partial charge in [-0.3, -0.25) is 9.78 Å². The van der Waals surface area contributed by atoms with Crippen LogP contribution < -0.4 is 10.2 Å². The molecule has 21 heavy (non-hydrogen) atoms. The molecule has 0 spiro atoms. The van der Waals surface area contributed by atoms with Crippen LogP contribution in [0.2, 0.25) is 0 Å². The van der Waals surface area contributed by atoms with E-state index in [1.165, 1.54) is 0 Å². The summed E-state index contributed by atoms with van der Waals surface area (Å²) < 4.78 is 0. The lowest BCUT2D eigenvalue weighted by Gasteiger charge is -2.21. The number of anilines is 1. The molecule has 0 bridgehead atoms. The van der Waals surface area contributed by atoms with Gasteiger partial charge >= 0.3 is 0 Å². The van der Waals surface area contributed by atoms with Crippen LogP contribution in [0.1, 0.15) is 18.4 Å². The first-order chi connectivity index (χ1) is 10.2. The minimum Gasteiger partial charge on any atom is -0.364 e. The van der Waals surface area contributed by atoms with Crippen molar-refractivity contribution >= 4 is 22.5 Å². The smallest absolute Gasteiger partial charge is 0.239 e. The number of hydrogen-bond acceptors (Lipinski definition) is 4. The van der Waals surface area contributed by atoms with Gasteiger partial charge in [-0.1, -0.05) is 18.2 Å². The number of hydrogen-bond donors (Lipinski definition) is 1. The fourth-order valence-corrected chi connectivity index (χ4v) is 2.42. The quantitative estimate of drug-likeness (QED) is 0.927. The van der Waals surface area contributed by atoms with Crippen LogP contribution in [-0.4, -0.2) is 30.5 Å². The van der Waals surface area contributed by atoms with Crippen molar-refractivity contribution in [3.05, 3.63) is 36.0 Å². The lowest BCUT2D eigenvalue weighted by molar-refractivity contribution is -0.119. The highest BCUT2D eigenvalue weighted by atomic mass is 16.2. The summed E-state index contributed by atoms with van der Waals surface area (Å²) in [6.45, 7) is 0.235.